The molecule has 0 saturated carbocycles. The highest BCUT2D eigenvalue weighted by molar-refractivity contribution is 5.96. The minimum atomic E-state index is -0.479. The Morgan fingerprint density at radius 2 is 1.64 bits per heavy atom. The van der Waals surface area contributed by atoms with Crippen molar-refractivity contribution in [2.45, 2.75) is 13.8 Å². The van der Waals surface area contributed by atoms with Crippen LogP contribution in [0.1, 0.15) is 34.6 Å². The zero-order valence-corrected chi connectivity index (χ0v) is 12.4. The second-order valence-corrected chi connectivity index (χ2v) is 4.30. The molecule has 1 aromatic heterocycles. The number of esters is 2. The summed E-state index contributed by atoms with van der Waals surface area (Å²) in [6, 6.07) is 6.67. The van der Waals surface area contributed by atoms with Crippen molar-refractivity contribution in [3.05, 3.63) is 47.9 Å². The zero-order valence-electron chi connectivity index (χ0n) is 12.4. The number of carbonyl (C=O) groups is 2. The first-order valence-corrected chi connectivity index (χ1v) is 6.92. The Balaban J connectivity index is 2.33. The Labute approximate surface area is 128 Å². The molecular formula is C16H16N2O4. The van der Waals surface area contributed by atoms with Gasteiger partial charge in [0.1, 0.15) is 11.9 Å². The maximum Gasteiger partial charge on any atom is 0.341 e. The van der Waals surface area contributed by atoms with Gasteiger partial charge in [0.25, 0.3) is 0 Å². The van der Waals surface area contributed by atoms with Crippen molar-refractivity contribution in [1.82, 2.24) is 9.97 Å². The number of nitrogens with zero attached hydrogens (tertiary/aromatic N) is 2. The molecule has 0 atom stereocenters. The highest BCUT2D eigenvalue weighted by atomic mass is 16.5. The largest absolute Gasteiger partial charge is 0.462 e. The van der Waals surface area contributed by atoms with Gasteiger partial charge in [0, 0.05) is 11.8 Å². The smallest absolute Gasteiger partial charge is 0.341 e. The zero-order chi connectivity index (χ0) is 15.9. The number of carbonyl (C=O) groups excluding carboxylic acids is 2. The summed E-state index contributed by atoms with van der Waals surface area (Å²) < 4.78 is 9.92. The number of hydrogen-bond acceptors (Lipinski definition) is 6. The molecule has 0 aliphatic heterocycles. The molecule has 22 heavy (non-hydrogen) atoms. The molecule has 114 valence electrons. The van der Waals surface area contributed by atoms with E-state index in [4.69, 9.17) is 9.47 Å². The molecule has 0 spiro atoms. The van der Waals surface area contributed by atoms with Crippen LogP contribution in [0.25, 0.3) is 11.3 Å². The van der Waals surface area contributed by atoms with Gasteiger partial charge in [-0.1, -0.05) is 12.1 Å². The molecule has 2 rings (SSSR count). The molecule has 0 fully saturated rings. The van der Waals surface area contributed by atoms with Gasteiger partial charge in [-0.3, -0.25) is 0 Å². The first kappa shape index (κ1) is 15.6. The van der Waals surface area contributed by atoms with Gasteiger partial charge in [0.15, 0.2) is 0 Å². The first-order valence-electron chi connectivity index (χ1n) is 6.92. The molecule has 0 unspecified atom stereocenters. The summed E-state index contributed by atoms with van der Waals surface area (Å²) in [7, 11) is 0. The van der Waals surface area contributed by atoms with E-state index in [1.807, 2.05) is 0 Å². The van der Waals surface area contributed by atoms with Crippen LogP contribution < -0.4 is 0 Å². The molecule has 0 radical (unpaired) electrons. The molecule has 6 nitrogen and oxygen atoms in total. The van der Waals surface area contributed by atoms with Crippen LogP contribution in [0.3, 0.4) is 0 Å². The van der Waals surface area contributed by atoms with Crippen molar-refractivity contribution in [2.24, 2.45) is 0 Å². The average molecular weight is 300 g/mol. The van der Waals surface area contributed by atoms with Gasteiger partial charge in [0.05, 0.1) is 24.5 Å². The second-order valence-electron chi connectivity index (χ2n) is 4.30. The molecule has 1 aromatic carbocycles. The SMILES string of the molecule is CCOC(=O)c1ccc(-c2ncncc2C(=O)OCC)cc1. The van der Waals surface area contributed by atoms with E-state index < -0.39 is 5.97 Å². The van der Waals surface area contributed by atoms with Crippen molar-refractivity contribution in [1.29, 1.82) is 0 Å². The molecule has 1 heterocycles. The summed E-state index contributed by atoms with van der Waals surface area (Å²) in [6.45, 7) is 4.07. The highest BCUT2D eigenvalue weighted by Gasteiger charge is 2.16. The van der Waals surface area contributed by atoms with E-state index >= 15 is 0 Å². The minimum Gasteiger partial charge on any atom is -0.462 e. The summed E-state index contributed by atoms with van der Waals surface area (Å²) in [5.41, 5.74) is 1.88. The summed E-state index contributed by atoms with van der Waals surface area (Å²) in [6.07, 6.45) is 2.77. The fourth-order valence-electron chi connectivity index (χ4n) is 1.90. The Morgan fingerprint density at radius 3 is 2.27 bits per heavy atom. The summed E-state index contributed by atoms with van der Waals surface area (Å²) in [4.78, 5) is 31.5. The molecule has 0 N–H and O–H groups in total. The van der Waals surface area contributed by atoms with Crippen LogP contribution in [0.15, 0.2) is 36.8 Å². The standard InChI is InChI=1S/C16H16N2O4/c1-3-21-15(19)12-7-5-11(6-8-12)14-13(9-17-10-18-14)16(20)22-4-2/h5-10H,3-4H2,1-2H3. The van der Waals surface area contributed by atoms with Gasteiger partial charge in [0.2, 0.25) is 0 Å². The lowest BCUT2D eigenvalue weighted by Gasteiger charge is -2.08. The van der Waals surface area contributed by atoms with Crippen LogP contribution in [-0.2, 0) is 9.47 Å². The third kappa shape index (κ3) is 3.46. The van der Waals surface area contributed by atoms with Crippen LogP contribution >= 0.6 is 0 Å². The van der Waals surface area contributed by atoms with Gasteiger partial charge in [-0.25, -0.2) is 19.6 Å². The maximum absolute atomic E-state index is 11.9. The van der Waals surface area contributed by atoms with Crippen molar-refractivity contribution < 1.29 is 19.1 Å². The van der Waals surface area contributed by atoms with Crippen molar-refractivity contribution in [2.75, 3.05) is 13.2 Å². The van der Waals surface area contributed by atoms with Crippen LogP contribution in [0.4, 0.5) is 0 Å². The third-order valence-corrected chi connectivity index (χ3v) is 2.88. The minimum absolute atomic E-state index is 0.273. The highest BCUT2D eigenvalue weighted by Crippen LogP contribution is 2.22. The number of ether oxygens (including phenoxy) is 2. The monoisotopic (exact) mass is 300 g/mol. The summed E-state index contributed by atoms with van der Waals surface area (Å²) >= 11 is 0. The van der Waals surface area contributed by atoms with Gasteiger partial charge in [-0.15, -0.1) is 0 Å². The van der Waals surface area contributed by atoms with Gasteiger partial charge in [-0.2, -0.15) is 0 Å². The Morgan fingerprint density at radius 1 is 1.00 bits per heavy atom. The maximum atomic E-state index is 11.9. The quantitative estimate of drug-likeness (QED) is 0.789. The van der Waals surface area contributed by atoms with Gasteiger partial charge < -0.3 is 9.47 Å². The number of hydrogen-bond donors (Lipinski definition) is 0. The van der Waals surface area contributed by atoms with Gasteiger partial charge in [-0.05, 0) is 26.0 Å². The van der Waals surface area contributed by atoms with Gasteiger partial charge >= 0.3 is 11.9 Å². The topological polar surface area (TPSA) is 78.4 Å². The third-order valence-electron chi connectivity index (χ3n) is 2.88. The van der Waals surface area contributed by atoms with E-state index in [9.17, 15) is 9.59 Å². The fraction of sp³-hybridized carbons (Fsp3) is 0.250. The first-order chi connectivity index (χ1) is 10.7. The van der Waals surface area contributed by atoms with E-state index in [-0.39, 0.29) is 18.1 Å². The van der Waals surface area contributed by atoms with Crippen LogP contribution in [0, 0.1) is 0 Å². The molecular weight excluding hydrogens is 284 g/mol. The van der Waals surface area contributed by atoms with Crippen molar-refractivity contribution in [3.63, 3.8) is 0 Å². The predicted octanol–water partition coefficient (Wildman–Crippen LogP) is 2.50. The second kappa shape index (κ2) is 7.31. The Hall–Kier alpha value is -2.76. The fourth-order valence-corrected chi connectivity index (χ4v) is 1.90. The molecule has 0 bridgehead atoms. The van der Waals surface area contributed by atoms with Crippen molar-refractivity contribution >= 4 is 11.9 Å². The lowest BCUT2D eigenvalue weighted by atomic mass is 10.1. The lowest BCUT2D eigenvalue weighted by molar-refractivity contribution is 0.0516. The van der Waals surface area contributed by atoms with E-state index in [1.165, 1.54) is 12.5 Å². The summed E-state index contributed by atoms with van der Waals surface area (Å²) in [5, 5.41) is 0. The molecule has 6 heteroatoms. The van der Waals surface area contributed by atoms with E-state index in [1.54, 1.807) is 38.1 Å². The van der Waals surface area contributed by atoms with Crippen LogP contribution in [-0.4, -0.2) is 35.1 Å². The number of benzene rings is 1. The van der Waals surface area contributed by atoms with Crippen LogP contribution in [0.5, 0.6) is 0 Å². The molecule has 0 aliphatic rings. The molecule has 0 amide bonds. The molecule has 0 saturated heterocycles. The Bertz CT molecular complexity index is 668. The normalized spacial score (nSPS) is 10.1. The average Bonchev–Trinajstić information content (AvgIpc) is 2.55. The molecule has 2 aromatic rings. The van der Waals surface area contributed by atoms with Crippen molar-refractivity contribution in [3.8, 4) is 11.3 Å². The lowest BCUT2D eigenvalue weighted by Crippen LogP contribution is -2.08. The number of rotatable bonds is 5. The number of aromatic nitrogens is 2. The van der Waals surface area contributed by atoms with E-state index in [0.29, 0.717) is 23.4 Å². The molecule has 0 aliphatic carbocycles. The van der Waals surface area contributed by atoms with Crippen LogP contribution in [0.2, 0.25) is 0 Å². The van der Waals surface area contributed by atoms with E-state index in [2.05, 4.69) is 9.97 Å². The Kier molecular flexibility index (Phi) is 5.19. The summed E-state index contributed by atoms with van der Waals surface area (Å²) in [5.74, 6) is -0.866. The van der Waals surface area contributed by atoms with E-state index in [0.717, 1.165) is 0 Å². The predicted molar refractivity (Wildman–Crippen MR) is 79.4 cm³/mol.